The van der Waals surface area contributed by atoms with Crippen molar-refractivity contribution in [3.63, 3.8) is 0 Å². The standard InChI is InChI=1S/C17H21ClN2O3/c1-4-6-7-20-17(21)13(11-19)8-12-9-14(18)16(22-3)15(10-12)23-5-2/h8-10H,4-7H2,1-3H3,(H,20,21)/b13-8+. The van der Waals surface area contributed by atoms with Crippen LogP contribution in [0.1, 0.15) is 32.3 Å². The summed E-state index contributed by atoms with van der Waals surface area (Å²) in [5.74, 6) is 0.500. The van der Waals surface area contributed by atoms with Gasteiger partial charge in [0.2, 0.25) is 0 Å². The van der Waals surface area contributed by atoms with Crippen molar-refractivity contribution in [2.45, 2.75) is 26.7 Å². The first kappa shape index (κ1) is 18.9. The van der Waals surface area contributed by atoms with Crippen LogP contribution in [-0.2, 0) is 4.79 Å². The summed E-state index contributed by atoms with van der Waals surface area (Å²) in [5.41, 5.74) is 0.617. The Morgan fingerprint density at radius 3 is 2.74 bits per heavy atom. The Hall–Kier alpha value is -2.19. The van der Waals surface area contributed by atoms with Crippen LogP contribution in [0.15, 0.2) is 17.7 Å². The molecule has 0 radical (unpaired) electrons. The molecule has 0 aliphatic rings. The molecule has 0 spiro atoms. The molecule has 1 N–H and O–H groups in total. The summed E-state index contributed by atoms with van der Waals surface area (Å²) in [6, 6.07) is 5.22. The van der Waals surface area contributed by atoms with Crippen molar-refractivity contribution in [1.82, 2.24) is 5.32 Å². The molecule has 0 saturated heterocycles. The lowest BCUT2D eigenvalue weighted by Gasteiger charge is -2.12. The van der Waals surface area contributed by atoms with Gasteiger partial charge in [-0.2, -0.15) is 5.26 Å². The zero-order chi connectivity index (χ0) is 17.2. The molecule has 0 aliphatic carbocycles. The molecule has 1 amide bonds. The molecule has 0 saturated carbocycles. The van der Waals surface area contributed by atoms with Gasteiger partial charge in [0.05, 0.1) is 18.7 Å². The number of carbonyl (C=O) groups is 1. The van der Waals surface area contributed by atoms with E-state index in [1.807, 2.05) is 19.9 Å². The lowest BCUT2D eigenvalue weighted by Crippen LogP contribution is -2.25. The highest BCUT2D eigenvalue weighted by Gasteiger charge is 2.13. The molecule has 6 heteroatoms. The number of nitrogens with zero attached hydrogens (tertiary/aromatic N) is 1. The number of carbonyl (C=O) groups excluding carboxylic acids is 1. The predicted octanol–water partition coefficient (Wildman–Crippen LogP) is 3.57. The quantitative estimate of drug-likeness (QED) is 0.447. The van der Waals surface area contributed by atoms with Gasteiger partial charge in [-0.05, 0) is 37.1 Å². The van der Waals surface area contributed by atoms with E-state index in [2.05, 4.69) is 5.32 Å². The predicted molar refractivity (Wildman–Crippen MR) is 90.7 cm³/mol. The van der Waals surface area contributed by atoms with E-state index in [9.17, 15) is 10.1 Å². The Bertz CT molecular complexity index is 621. The number of rotatable bonds is 8. The van der Waals surface area contributed by atoms with Gasteiger partial charge in [0.15, 0.2) is 11.5 Å². The van der Waals surface area contributed by atoms with Crippen LogP contribution in [-0.4, -0.2) is 26.2 Å². The summed E-state index contributed by atoms with van der Waals surface area (Å²) in [6.45, 7) is 4.87. The minimum Gasteiger partial charge on any atom is -0.491 e. The second kappa shape index (κ2) is 9.75. The molecule has 0 aromatic heterocycles. The summed E-state index contributed by atoms with van der Waals surface area (Å²) in [7, 11) is 1.50. The number of ether oxygens (including phenoxy) is 2. The monoisotopic (exact) mass is 336 g/mol. The van der Waals surface area contributed by atoms with E-state index in [4.69, 9.17) is 21.1 Å². The molecule has 124 valence electrons. The van der Waals surface area contributed by atoms with Gasteiger partial charge in [-0.3, -0.25) is 4.79 Å². The minimum atomic E-state index is -0.397. The fraction of sp³-hybridized carbons (Fsp3) is 0.412. The molecule has 1 aromatic rings. The van der Waals surface area contributed by atoms with Crippen LogP contribution in [0.3, 0.4) is 0 Å². The molecule has 5 nitrogen and oxygen atoms in total. The number of hydrogen-bond donors (Lipinski definition) is 1. The Kier molecular flexibility index (Phi) is 8.00. The van der Waals surface area contributed by atoms with Crippen molar-refractivity contribution in [3.05, 3.63) is 28.3 Å². The normalized spacial score (nSPS) is 10.8. The van der Waals surface area contributed by atoms with E-state index in [0.29, 0.717) is 35.2 Å². The van der Waals surface area contributed by atoms with Crippen molar-refractivity contribution in [3.8, 4) is 17.6 Å². The highest BCUT2D eigenvalue weighted by Crippen LogP contribution is 2.36. The van der Waals surface area contributed by atoms with Gasteiger partial charge in [0, 0.05) is 6.54 Å². The number of halogens is 1. The average Bonchev–Trinajstić information content (AvgIpc) is 2.53. The fourth-order valence-electron chi connectivity index (χ4n) is 1.92. The van der Waals surface area contributed by atoms with Gasteiger partial charge in [-0.1, -0.05) is 24.9 Å². The van der Waals surface area contributed by atoms with E-state index >= 15 is 0 Å². The third-order valence-electron chi connectivity index (χ3n) is 3.03. The van der Waals surface area contributed by atoms with E-state index < -0.39 is 5.91 Å². The molecular weight excluding hydrogens is 316 g/mol. The fourth-order valence-corrected chi connectivity index (χ4v) is 2.22. The summed E-state index contributed by atoms with van der Waals surface area (Å²) >= 11 is 6.16. The molecule has 0 heterocycles. The first-order chi connectivity index (χ1) is 11.1. The highest BCUT2D eigenvalue weighted by molar-refractivity contribution is 6.32. The van der Waals surface area contributed by atoms with E-state index in [0.717, 1.165) is 12.8 Å². The average molecular weight is 337 g/mol. The zero-order valence-corrected chi connectivity index (χ0v) is 14.4. The summed E-state index contributed by atoms with van der Waals surface area (Å²) in [6.07, 6.45) is 3.32. The van der Waals surface area contributed by atoms with Crippen LogP contribution >= 0.6 is 11.6 Å². The maximum Gasteiger partial charge on any atom is 0.261 e. The first-order valence-corrected chi connectivity index (χ1v) is 7.85. The van der Waals surface area contributed by atoms with Crippen molar-refractivity contribution in [1.29, 1.82) is 5.26 Å². The van der Waals surface area contributed by atoms with Gasteiger partial charge in [-0.15, -0.1) is 0 Å². The van der Waals surface area contributed by atoms with Gasteiger partial charge in [0.25, 0.3) is 5.91 Å². The molecule has 1 rings (SSSR count). The molecule has 0 atom stereocenters. The molecule has 0 aliphatic heterocycles. The van der Waals surface area contributed by atoms with Crippen LogP contribution in [0.25, 0.3) is 6.08 Å². The van der Waals surface area contributed by atoms with Crippen molar-refractivity contribution >= 4 is 23.6 Å². The van der Waals surface area contributed by atoms with E-state index in [1.165, 1.54) is 13.2 Å². The van der Waals surface area contributed by atoms with Crippen LogP contribution in [0, 0.1) is 11.3 Å². The number of amides is 1. The largest absolute Gasteiger partial charge is 0.491 e. The molecule has 0 unspecified atom stereocenters. The Morgan fingerprint density at radius 2 is 2.17 bits per heavy atom. The van der Waals surface area contributed by atoms with E-state index in [-0.39, 0.29) is 5.57 Å². The number of hydrogen-bond acceptors (Lipinski definition) is 4. The number of unbranched alkanes of at least 4 members (excludes halogenated alkanes) is 1. The van der Waals surface area contributed by atoms with Crippen molar-refractivity contribution in [2.24, 2.45) is 0 Å². The third kappa shape index (κ3) is 5.50. The topological polar surface area (TPSA) is 71.4 Å². The van der Waals surface area contributed by atoms with Crippen LogP contribution in [0.5, 0.6) is 11.5 Å². The summed E-state index contributed by atoms with van der Waals surface area (Å²) in [5, 5.41) is 12.3. The van der Waals surface area contributed by atoms with Crippen LogP contribution in [0.2, 0.25) is 5.02 Å². The molecular formula is C17H21ClN2O3. The van der Waals surface area contributed by atoms with Crippen LogP contribution in [0.4, 0.5) is 0 Å². The number of benzene rings is 1. The highest BCUT2D eigenvalue weighted by atomic mass is 35.5. The van der Waals surface area contributed by atoms with Gasteiger partial charge in [-0.25, -0.2) is 0 Å². The lowest BCUT2D eigenvalue weighted by atomic mass is 10.1. The third-order valence-corrected chi connectivity index (χ3v) is 3.31. The number of nitriles is 1. The Balaban J connectivity index is 3.08. The SMILES string of the molecule is CCCCNC(=O)/C(C#N)=C/c1cc(Cl)c(OC)c(OCC)c1. The van der Waals surface area contributed by atoms with Gasteiger partial charge < -0.3 is 14.8 Å². The maximum atomic E-state index is 12.0. The van der Waals surface area contributed by atoms with Gasteiger partial charge >= 0.3 is 0 Å². The maximum absolute atomic E-state index is 12.0. The summed E-state index contributed by atoms with van der Waals surface area (Å²) in [4.78, 5) is 12.0. The van der Waals surface area contributed by atoms with E-state index in [1.54, 1.807) is 12.1 Å². The molecule has 23 heavy (non-hydrogen) atoms. The molecule has 0 fully saturated rings. The lowest BCUT2D eigenvalue weighted by molar-refractivity contribution is -0.117. The summed E-state index contributed by atoms with van der Waals surface area (Å²) < 4.78 is 10.7. The Morgan fingerprint density at radius 1 is 1.43 bits per heavy atom. The van der Waals surface area contributed by atoms with Crippen molar-refractivity contribution < 1.29 is 14.3 Å². The zero-order valence-electron chi connectivity index (χ0n) is 13.6. The van der Waals surface area contributed by atoms with Crippen LogP contribution < -0.4 is 14.8 Å². The van der Waals surface area contributed by atoms with Gasteiger partial charge in [0.1, 0.15) is 11.6 Å². The second-order valence-corrected chi connectivity index (χ2v) is 5.15. The Labute approximate surface area is 141 Å². The first-order valence-electron chi connectivity index (χ1n) is 7.47. The van der Waals surface area contributed by atoms with Crippen molar-refractivity contribution in [2.75, 3.05) is 20.3 Å². The molecule has 1 aromatic carbocycles. The smallest absolute Gasteiger partial charge is 0.261 e. The number of nitrogens with one attached hydrogen (secondary N) is 1. The minimum absolute atomic E-state index is 0.0183. The number of methoxy groups -OCH3 is 1. The second-order valence-electron chi connectivity index (χ2n) is 4.75. The molecule has 0 bridgehead atoms.